The van der Waals surface area contributed by atoms with E-state index in [0.717, 1.165) is 13.1 Å². The summed E-state index contributed by atoms with van der Waals surface area (Å²) >= 11 is 0. The van der Waals surface area contributed by atoms with Crippen LogP contribution in [0.25, 0.3) is 0 Å². The molecule has 1 amide bonds. The van der Waals surface area contributed by atoms with Crippen LogP contribution in [-0.4, -0.2) is 62.5 Å². The molecule has 0 saturated carbocycles. The molecule has 1 heterocycles. The van der Waals surface area contributed by atoms with Gasteiger partial charge in [0.25, 0.3) is 5.91 Å². The maximum absolute atomic E-state index is 12.2. The van der Waals surface area contributed by atoms with Gasteiger partial charge in [-0.2, -0.15) is 13.2 Å². The highest BCUT2D eigenvalue weighted by Crippen LogP contribution is 2.16. The summed E-state index contributed by atoms with van der Waals surface area (Å²) in [6, 6.07) is 6.57. The molecule has 1 aliphatic rings. The second-order valence-electron chi connectivity index (χ2n) is 6.01. The molecule has 1 aliphatic heterocycles. The number of carbonyl (C=O) groups excluding carboxylic acids is 1. The molecule has 0 spiro atoms. The Morgan fingerprint density at radius 2 is 1.92 bits per heavy atom. The van der Waals surface area contributed by atoms with Crippen LogP contribution in [-0.2, 0) is 16.1 Å². The molecule has 140 valence electrons. The molecule has 1 saturated heterocycles. The van der Waals surface area contributed by atoms with Crippen molar-refractivity contribution >= 4 is 5.91 Å². The first kappa shape index (κ1) is 19.7. The minimum Gasteiger partial charge on any atom is -0.379 e. The van der Waals surface area contributed by atoms with E-state index in [0.29, 0.717) is 30.9 Å². The molecular formula is C17H23F3N2O3. The Hall–Kier alpha value is -1.64. The minimum absolute atomic E-state index is 0.143. The monoisotopic (exact) mass is 360 g/mol. The predicted molar refractivity (Wildman–Crippen MR) is 86.3 cm³/mol. The summed E-state index contributed by atoms with van der Waals surface area (Å²) < 4.78 is 46.0. The lowest BCUT2D eigenvalue weighted by Gasteiger charge is -2.32. The molecule has 8 heteroatoms. The zero-order valence-electron chi connectivity index (χ0n) is 14.1. The topological polar surface area (TPSA) is 50.8 Å². The minimum atomic E-state index is -4.34. The Bertz CT molecular complexity index is 543. The second kappa shape index (κ2) is 9.17. The molecule has 1 fully saturated rings. The Labute approximate surface area is 145 Å². The van der Waals surface area contributed by atoms with Crippen molar-refractivity contribution in [1.29, 1.82) is 0 Å². The first-order valence-electron chi connectivity index (χ1n) is 8.18. The summed E-state index contributed by atoms with van der Waals surface area (Å²) in [5, 5.41) is 2.88. The number of alkyl halides is 3. The number of hydrogen-bond donors (Lipinski definition) is 1. The van der Waals surface area contributed by atoms with Gasteiger partial charge >= 0.3 is 6.18 Å². The number of ether oxygens (including phenoxy) is 2. The number of benzene rings is 1. The van der Waals surface area contributed by atoms with Gasteiger partial charge < -0.3 is 14.8 Å². The van der Waals surface area contributed by atoms with Crippen molar-refractivity contribution in [3.63, 3.8) is 0 Å². The Kier molecular flexibility index (Phi) is 7.22. The van der Waals surface area contributed by atoms with E-state index in [1.165, 1.54) is 0 Å². The largest absolute Gasteiger partial charge is 0.411 e. The molecule has 1 atom stereocenters. The Morgan fingerprint density at radius 1 is 1.28 bits per heavy atom. The third-order valence-corrected chi connectivity index (χ3v) is 3.98. The van der Waals surface area contributed by atoms with E-state index in [1.54, 1.807) is 24.3 Å². The van der Waals surface area contributed by atoms with Gasteiger partial charge in [-0.15, -0.1) is 0 Å². The van der Waals surface area contributed by atoms with E-state index < -0.39 is 12.8 Å². The lowest BCUT2D eigenvalue weighted by Crippen LogP contribution is -2.47. The standard InChI is InChI=1S/C17H23F3N2O3/c1-13(22-6-8-24-9-7-22)10-21-16(23)15-4-2-14(3-5-15)11-25-12-17(18,19)20/h2-5,13H,6-12H2,1H3,(H,21,23). The van der Waals surface area contributed by atoms with Crippen LogP contribution >= 0.6 is 0 Å². The fourth-order valence-electron chi connectivity index (χ4n) is 2.53. The van der Waals surface area contributed by atoms with Crippen molar-refractivity contribution in [1.82, 2.24) is 10.2 Å². The molecular weight excluding hydrogens is 337 g/mol. The number of nitrogens with one attached hydrogen (secondary N) is 1. The zero-order chi connectivity index (χ0) is 18.3. The summed E-state index contributed by atoms with van der Waals surface area (Å²) in [6.07, 6.45) is -4.34. The van der Waals surface area contributed by atoms with Gasteiger partial charge in [0.15, 0.2) is 0 Å². The molecule has 1 N–H and O–H groups in total. The first-order chi connectivity index (χ1) is 11.8. The number of rotatable bonds is 7. The maximum Gasteiger partial charge on any atom is 0.411 e. The summed E-state index contributed by atoms with van der Waals surface area (Å²) in [6.45, 7) is 4.26. The van der Waals surface area contributed by atoms with Crippen LogP contribution in [0.5, 0.6) is 0 Å². The average molecular weight is 360 g/mol. The van der Waals surface area contributed by atoms with Crippen molar-refractivity contribution < 1.29 is 27.4 Å². The van der Waals surface area contributed by atoms with Crippen LogP contribution in [0.3, 0.4) is 0 Å². The molecule has 2 rings (SSSR count). The van der Waals surface area contributed by atoms with E-state index in [2.05, 4.69) is 15.0 Å². The van der Waals surface area contributed by atoms with E-state index in [4.69, 9.17) is 4.74 Å². The maximum atomic E-state index is 12.2. The van der Waals surface area contributed by atoms with Crippen LogP contribution in [0.4, 0.5) is 13.2 Å². The average Bonchev–Trinajstić information content (AvgIpc) is 2.59. The quantitative estimate of drug-likeness (QED) is 0.810. The van der Waals surface area contributed by atoms with Crippen LogP contribution in [0.1, 0.15) is 22.8 Å². The van der Waals surface area contributed by atoms with Gasteiger partial charge in [0.1, 0.15) is 6.61 Å². The molecule has 25 heavy (non-hydrogen) atoms. The molecule has 1 unspecified atom stereocenters. The number of halogens is 3. The highest BCUT2D eigenvalue weighted by molar-refractivity contribution is 5.94. The fourth-order valence-corrected chi connectivity index (χ4v) is 2.53. The van der Waals surface area contributed by atoms with E-state index in [-0.39, 0.29) is 18.6 Å². The van der Waals surface area contributed by atoms with Gasteiger partial charge in [0.05, 0.1) is 19.8 Å². The van der Waals surface area contributed by atoms with Crippen molar-refractivity contribution in [2.24, 2.45) is 0 Å². The number of hydrogen-bond acceptors (Lipinski definition) is 4. The highest BCUT2D eigenvalue weighted by atomic mass is 19.4. The van der Waals surface area contributed by atoms with Crippen molar-refractivity contribution in [3.05, 3.63) is 35.4 Å². The molecule has 0 aromatic heterocycles. The van der Waals surface area contributed by atoms with E-state index in [1.807, 2.05) is 6.92 Å². The SMILES string of the molecule is CC(CNC(=O)c1ccc(COCC(F)(F)F)cc1)N1CCOCC1. The molecule has 1 aromatic carbocycles. The third-order valence-electron chi connectivity index (χ3n) is 3.98. The summed E-state index contributed by atoms with van der Waals surface area (Å²) in [5.74, 6) is -0.206. The molecule has 0 aliphatic carbocycles. The van der Waals surface area contributed by atoms with Gasteiger partial charge in [-0.1, -0.05) is 12.1 Å². The number of nitrogens with zero attached hydrogens (tertiary/aromatic N) is 1. The Morgan fingerprint density at radius 3 is 2.52 bits per heavy atom. The Balaban J connectivity index is 1.75. The highest BCUT2D eigenvalue weighted by Gasteiger charge is 2.27. The van der Waals surface area contributed by atoms with Crippen LogP contribution in [0.15, 0.2) is 24.3 Å². The molecule has 0 bridgehead atoms. The number of carbonyl (C=O) groups is 1. The van der Waals surface area contributed by atoms with Gasteiger partial charge in [0.2, 0.25) is 0 Å². The normalized spacial score (nSPS) is 17.3. The van der Waals surface area contributed by atoms with Crippen LogP contribution < -0.4 is 5.32 Å². The lowest BCUT2D eigenvalue weighted by atomic mass is 10.1. The van der Waals surface area contributed by atoms with Crippen molar-refractivity contribution in [2.45, 2.75) is 25.7 Å². The smallest absolute Gasteiger partial charge is 0.379 e. The lowest BCUT2D eigenvalue weighted by molar-refractivity contribution is -0.176. The van der Waals surface area contributed by atoms with Gasteiger partial charge in [-0.05, 0) is 24.6 Å². The molecule has 1 aromatic rings. The van der Waals surface area contributed by atoms with Crippen molar-refractivity contribution in [2.75, 3.05) is 39.5 Å². The zero-order valence-corrected chi connectivity index (χ0v) is 14.1. The number of amides is 1. The summed E-state index contributed by atoms with van der Waals surface area (Å²) in [4.78, 5) is 14.4. The van der Waals surface area contributed by atoms with Crippen LogP contribution in [0.2, 0.25) is 0 Å². The second-order valence-corrected chi connectivity index (χ2v) is 6.01. The molecule has 0 radical (unpaired) electrons. The fraction of sp³-hybridized carbons (Fsp3) is 0.588. The first-order valence-corrected chi connectivity index (χ1v) is 8.18. The third kappa shape index (κ3) is 7.01. The van der Waals surface area contributed by atoms with Gasteiger partial charge in [-0.25, -0.2) is 0 Å². The van der Waals surface area contributed by atoms with Crippen LogP contribution in [0, 0.1) is 0 Å². The molecule has 5 nitrogen and oxygen atoms in total. The van der Waals surface area contributed by atoms with E-state index in [9.17, 15) is 18.0 Å². The predicted octanol–water partition coefficient (Wildman–Crippen LogP) is 2.22. The summed E-state index contributed by atoms with van der Waals surface area (Å²) in [5.41, 5.74) is 1.05. The van der Waals surface area contributed by atoms with Crippen molar-refractivity contribution in [3.8, 4) is 0 Å². The van der Waals surface area contributed by atoms with Gasteiger partial charge in [0, 0.05) is 31.2 Å². The number of morpholine rings is 1. The van der Waals surface area contributed by atoms with E-state index >= 15 is 0 Å². The van der Waals surface area contributed by atoms with Gasteiger partial charge in [-0.3, -0.25) is 9.69 Å². The summed E-state index contributed by atoms with van der Waals surface area (Å²) in [7, 11) is 0.